The number of carbonyl (C=O) groups is 2. The molecule has 0 aromatic rings. The highest BCUT2D eigenvalue weighted by molar-refractivity contribution is 5.76. The highest BCUT2D eigenvalue weighted by atomic mass is 17.8. The molecule has 0 saturated carbocycles. The molecule has 0 aromatic carbocycles. The molecule has 0 rings (SSSR count). The number of hydrogen-bond donors (Lipinski definition) is 0. The van der Waals surface area contributed by atoms with Crippen LogP contribution < -0.4 is 0 Å². The molecule has 0 saturated heterocycles. The number of carbonyl (C=O) groups excluding carboxylic acids is 2. The zero-order valence-corrected chi connectivity index (χ0v) is 7.91. The molecular weight excluding hydrogens is 212 g/mol. The van der Waals surface area contributed by atoms with Crippen LogP contribution in [0.25, 0.3) is 0 Å². The van der Waals surface area contributed by atoms with Crippen molar-refractivity contribution in [3.63, 3.8) is 0 Å². The van der Waals surface area contributed by atoms with Gasteiger partial charge in [-0.05, 0) is 12.0 Å². The molecule has 0 bridgehead atoms. The molecule has 0 aliphatic heterocycles. The lowest BCUT2D eigenvalue weighted by Crippen LogP contribution is -2.08. The summed E-state index contributed by atoms with van der Waals surface area (Å²) in [7, 11) is 0. The highest BCUT2D eigenvalue weighted by Gasteiger charge is 1.94. The molecule has 8 nitrogen and oxygen atoms in total. The summed E-state index contributed by atoms with van der Waals surface area (Å²) in [4.78, 5) is 28.3. The standard InChI is InChI=1S/C7H10O8/c1-7(9)5-10-6-12-14-15-13-11-4-2-3-8/h2-4H,5-6H2,1H3/b4-2-. The Hall–Kier alpha value is -1.32. The summed E-state index contributed by atoms with van der Waals surface area (Å²) >= 11 is 0. The van der Waals surface area contributed by atoms with Crippen molar-refractivity contribution in [2.75, 3.05) is 13.4 Å². The molecule has 0 heterocycles. The molecule has 0 atom stereocenters. The van der Waals surface area contributed by atoms with E-state index in [0.717, 1.165) is 12.3 Å². The molecule has 0 aromatic heterocycles. The molecule has 0 aliphatic rings. The van der Waals surface area contributed by atoms with E-state index < -0.39 is 0 Å². The molecule has 86 valence electrons. The third-order valence-electron chi connectivity index (χ3n) is 0.792. The molecule has 0 radical (unpaired) electrons. The van der Waals surface area contributed by atoms with Gasteiger partial charge in [-0.25, -0.2) is 0 Å². The molecule has 0 fully saturated rings. The van der Waals surface area contributed by atoms with Crippen LogP contribution in [0, 0.1) is 0 Å². The first-order valence-corrected chi connectivity index (χ1v) is 3.73. The molecule has 0 amide bonds. The third kappa shape index (κ3) is 12.7. The van der Waals surface area contributed by atoms with Gasteiger partial charge in [-0.1, -0.05) is 0 Å². The molecule has 8 heteroatoms. The van der Waals surface area contributed by atoms with Crippen molar-refractivity contribution < 1.29 is 39.2 Å². The first-order chi connectivity index (χ1) is 7.27. The van der Waals surface area contributed by atoms with Crippen LogP contribution in [0.2, 0.25) is 0 Å². The Bertz CT molecular complexity index is 201. The van der Waals surface area contributed by atoms with E-state index in [1.807, 2.05) is 0 Å². The number of allylic oxidation sites excluding steroid dienone is 1. The number of rotatable bonds is 10. The molecular formula is C7H10O8. The SMILES string of the molecule is CC(=O)COCOOOOO/C=C\C=O. The minimum atomic E-state index is -0.312. The summed E-state index contributed by atoms with van der Waals surface area (Å²) in [5.41, 5.74) is 0. The summed E-state index contributed by atoms with van der Waals surface area (Å²) in [6, 6.07) is 0. The van der Waals surface area contributed by atoms with Crippen LogP contribution in [-0.4, -0.2) is 25.5 Å². The van der Waals surface area contributed by atoms with Crippen molar-refractivity contribution in [1.29, 1.82) is 0 Å². The Morgan fingerprint density at radius 3 is 2.73 bits per heavy atom. The van der Waals surface area contributed by atoms with Crippen molar-refractivity contribution in [3.05, 3.63) is 12.3 Å². The van der Waals surface area contributed by atoms with E-state index >= 15 is 0 Å². The van der Waals surface area contributed by atoms with Gasteiger partial charge in [0.15, 0.2) is 12.6 Å². The molecule has 0 unspecified atom stereocenters. The Balaban J connectivity index is 3.01. The van der Waals surface area contributed by atoms with Crippen molar-refractivity contribution in [1.82, 2.24) is 0 Å². The zero-order valence-electron chi connectivity index (χ0n) is 7.91. The van der Waals surface area contributed by atoms with E-state index in [1.165, 1.54) is 6.92 Å². The first kappa shape index (κ1) is 13.7. The predicted octanol–water partition coefficient (Wildman–Crippen LogP) is 0.00510. The van der Waals surface area contributed by atoms with E-state index in [4.69, 9.17) is 0 Å². The van der Waals surface area contributed by atoms with Gasteiger partial charge in [-0.2, -0.15) is 4.89 Å². The van der Waals surface area contributed by atoms with E-state index in [0.29, 0.717) is 6.29 Å². The van der Waals surface area contributed by atoms with Crippen molar-refractivity contribution in [2.45, 2.75) is 6.92 Å². The van der Waals surface area contributed by atoms with Gasteiger partial charge < -0.3 is 9.62 Å². The molecule has 0 spiro atoms. The lowest BCUT2D eigenvalue weighted by molar-refractivity contribution is -0.705. The normalized spacial score (nSPS) is 10.5. The van der Waals surface area contributed by atoms with E-state index in [2.05, 4.69) is 29.6 Å². The lowest BCUT2D eigenvalue weighted by atomic mass is 10.5. The van der Waals surface area contributed by atoms with Crippen molar-refractivity contribution in [3.8, 4) is 0 Å². The average molecular weight is 222 g/mol. The fraction of sp³-hybridized carbons (Fsp3) is 0.429. The summed E-state index contributed by atoms with van der Waals surface area (Å²) < 4.78 is 4.61. The van der Waals surface area contributed by atoms with Crippen LogP contribution in [0.15, 0.2) is 12.3 Å². The van der Waals surface area contributed by atoms with Gasteiger partial charge in [0.2, 0.25) is 0 Å². The number of Topliss-reactive ketones (excluding diaryl/α,β-unsaturated/α-hetero) is 1. The smallest absolute Gasteiger partial charge is 0.184 e. The second kappa shape index (κ2) is 10.8. The monoisotopic (exact) mass is 222 g/mol. The summed E-state index contributed by atoms with van der Waals surface area (Å²) in [6.07, 6.45) is 2.39. The van der Waals surface area contributed by atoms with Gasteiger partial charge in [0, 0.05) is 16.2 Å². The minimum Gasteiger partial charge on any atom is -0.344 e. The lowest BCUT2D eigenvalue weighted by Gasteiger charge is -2.00. The van der Waals surface area contributed by atoms with Gasteiger partial charge in [0.05, 0.1) is 0 Å². The summed E-state index contributed by atoms with van der Waals surface area (Å²) in [5.74, 6) is -0.155. The number of ether oxygens (including phenoxy) is 1. The molecule has 0 N–H and O–H groups in total. The Morgan fingerprint density at radius 2 is 2.07 bits per heavy atom. The van der Waals surface area contributed by atoms with Gasteiger partial charge in [-0.3, -0.25) is 9.59 Å². The quantitative estimate of drug-likeness (QED) is 0.0970. The largest absolute Gasteiger partial charge is 0.344 e. The van der Waals surface area contributed by atoms with Crippen LogP contribution in [0.3, 0.4) is 0 Å². The zero-order chi connectivity index (χ0) is 11.4. The van der Waals surface area contributed by atoms with Crippen LogP contribution in [0.4, 0.5) is 0 Å². The van der Waals surface area contributed by atoms with Crippen LogP contribution in [-0.2, 0) is 39.2 Å². The van der Waals surface area contributed by atoms with Crippen LogP contribution in [0.1, 0.15) is 6.92 Å². The topological polar surface area (TPSA) is 89.5 Å². The first-order valence-electron chi connectivity index (χ1n) is 3.73. The highest BCUT2D eigenvalue weighted by Crippen LogP contribution is 1.87. The van der Waals surface area contributed by atoms with Gasteiger partial charge in [0.1, 0.15) is 19.2 Å². The average Bonchev–Trinajstić information content (AvgIpc) is 2.20. The number of ketones is 1. The van der Waals surface area contributed by atoms with Crippen molar-refractivity contribution >= 4 is 12.1 Å². The minimum absolute atomic E-state index is 0.0945. The van der Waals surface area contributed by atoms with Gasteiger partial charge in [-0.15, -0.1) is 0 Å². The summed E-state index contributed by atoms with van der Waals surface area (Å²) in [5, 5.41) is 11.5. The molecule has 15 heavy (non-hydrogen) atoms. The Labute approximate surface area is 85.0 Å². The Morgan fingerprint density at radius 1 is 1.27 bits per heavy atom. The van der Waals surface area contributed by atoms with Crippen molar-refractivity contribution in [2.24, 2.45) is 0 Å². The maximum Gasteiger partial charge on any atom is 0.184 e. The predicted molar refractivity (Wildman–Crippen MR) is 42.1 cm³/mol. The fourth-order valence-electron chi connectivity index (χ4n) is 0.373. The summed E-state index contributed by atoms with van der Waals surface area (Å²) in [6.45, 7) is 0.948. The van der Waals surface area contributed by atoms with E-state index in [1.54, 1.807) is 0 Å². The van der Waals surface area contributed by atoms with E-state index in [9.17, 15) is 9.59 Å². The maximum atomic E-state index is 10.3. The van der Waals surface area contributed by atoms with Crippen LogP contribution in [0.5, 0.6) is 0 Å². The number of aldehydes is 1. The Kier molecular flexibility index (Phi) is 9.81. The third-order valence-corrected chi connectivity index (χ3v) is 0.792. The number of hydrogen-bond acceptors (Lipinski definition) is 8. The maximum absolute atomic E-state index is 10.3. The van der Waals surface area contributed by atoms with Gasteiger partial charge in [0.25, 0.3) is 0 Å². The van der Waals surface area contributed by atoms with Gasteiger partial charge >= 0.3 is 0 Å². The second-order valence-corrected chi connectivity index (χ2v) is 2.05. The molecule has 0 aliphatic carbocycles. The second-order valence-electron chi connectivity index (χ2n) is 2.05. The van der Waals surface area contributed by atoms with E-state index in [-0.39, 0.29) is 19.2 Å². The fourth-order valence-corrected chi connectivity index (χ4v) is 0.373. The van der Waals surface area contributed by atoms with Crippen LogP contribution >= 0.6 is 0 Å².